The van der Waals surface area contributed by atoms with Crippen LogP contribution in [0.25, 0.3) is 0 Å². The second-order valence-corrected chi connectivity index (χ2v) is 7.31. The molecule has 2 aromatic carbocycles. The Morgan fingerprint density at radius 2 is 1.89 bits per heavy atom. The number of aliphatic imine (C=N–C) groups is 1. The number of para-hydroxylation sites is 1. The van der Waals surface area contributed by atoms with Crippen molar-refractivity contribution in [1.29, 1.82) is 0 Å². The first-order chi connectivity index (χ1) is 13.6. The van der Waals surface area contributed by atoms with E-state index >= 15 is 0 Å². The van der Waals surface area contributed by atoms with Crippen molar-refractivity contribution >= 4 is 17.3 Å². The van der Waals surface area contributed by atoms with E-state index in [4.69, 9.17) is 10.5 Å². The Morgan fingerprint density at radius 3 is 2.57 bits per heavy atom. The predicted molar refractivity (Wildman–Crippen MR) is 119 cm³/mol. The molecule has 150 valence electrons. The highest BCUT2D eigenvalue weighted by molar-refractivity contribution is 5.93. The molecule has 1 saturated heterocycles. The normalized spacial score (nSPS) is 17.0. The van der Waals surface area contributed by atoms with Gasteiger partial charge < -0.3 is 20.7 Å². The Bertz CT molecular complexity index is 796. The molecule has 3 rings (SSSR count). The third-order valence-corrected chi connectivity index (χ3v) is 5.48. The number of methoxy groups -OCH3 is 1. The first-order valence-corrected chi connectivity index (χ1v) is 10.2. The van der Waals surface area contributed by atoms with Crippen LogP contribution in [0.4, 0.5) is 11.4 Å². The summed E-state index contributed by atoms with van der Waals surface area (Å²) in [6.07, 6.45) is 3.07. The van der Waals surface area contributed by atoms with Gasteiger partial charge in [-0.15, -0.1) is 0 Å². The number of nitrogens with one attached hydrogen (secondary N) is 1. The highest BCUT2D eigenvalue weighted by atomic mass is 16.5. The third kappa shape index (κ3) is 4.77. The Hall–Kier alpha value is -2.69. The lowest BCUT2D eigenvalue weighted by atomic mass is 10.0. The van der Waals surface area contributed by atoms with Crippen molar-refractivity contribution in [2.45, 2.75) is 33.1 Å². The van der Waals surface area contributed by atoms with Gasteiger partial charge in [-0.2, -0.15) is 0 Å². The van der Waals surface area contributed by atoms with Crippen molar-refractivity contribution in [3.63, 3.8) is 0 Å². The second-order valence-electron chi connectivity index (χ2n) is 7.31. The number of hydrogen-bond donors (Lipinski definition) is 2. The molecule has 1 unspecified atom stereocenters. The van der Waals surface area contributed by atoms with Crippen LogP contribution in [0.1, 0.15) is 31.4 Å². The van der Waals surface area contributed by atoms with Crippen LogP contribution in [-0.2, 0) is 12.8 Å². The molecule has 1 heterocycles. The molecule has 0 aromatic heterocycles. The van der Waals surface area contributed by atoms with E-state index in [1.165, 1.54) is 16.8 Å². The number of guanidine groups is 1. The van der Waals surface area contributed by atoms with E-state index < -0.39 is 0 Å². The highest BCUT2D eigenvalue weighted by Gasteiger charge is 2.22. The zero-order chi connectivity index (χ0) is 19.9. The molecule has 0 bridgehead atoms. The SMILES string of the molecule is CCc1cccc(CC)c1NC(N)=NCC1CCN(c2cccc(OC)c2)C1. The Labute approximate surface area is 168 Å². The minimum Gasteiger partial charge on any atom is -0.497 e. The summed E-state index contributed by atoms with van der Waals surface area (Å²) >= 11 is 0. The lowest BCUT2D eigenvalue weighted by Gasteiger charge is -2.19. The number of benzene rings is 2. The smallest absolute Gasteiger partial charge is 0.193 e. The van der Waals surface area contributed by atoms with Gasteiger partial charge in [-0.25, -0.2) is 0 Å². The van der Waals surface area contributed by atoms with E-state index in [1.54, 1.807) is 7.11 Å². The lowest BCUT2D eigenvalue weighted by Crippen LogP contribution is -2.26. The number of nitrogens with two attached hydrogens (primary N) is 1. The van der Waals surface area contributed by atoms with Gasteiger partial charge in [0.1, 0.15) is 5.75 Å². The number of aryl methyl sites for hydroxylation is 2. The molecule has 0 spiro atoms. The molecule has 2 aromatic rings. The van der Waals surface area contributed by atoms with Gasteiger partial charge in [-0.3, -0.25) is 4.99 Å². The lowest BCUT2D eigenvalue weighted by molar-refractivity contribution is 0.415. The minimum atomic E-state index is 0.510. The van der Waals surface area contributed by atoms with Gasteiger partial charge in [0.05, 0.1) is 7.11 Å². The first-order valence-electron chi connectivity index (χ1n) is 10.2. The molecular weight excluding hydrogens is 348 g/mol. The van der Waals surface area contributed by atoms with Crippen molar-refractivity contribution in [2.24, 2.45) is 16.6 Å². The molecule has 1 fully saturated rings. The standard InChI is InChI=1S/C23H32N4O/c1-4-18-8-6-9-19(5-2)22(18)26-23(24)25-15-17-12-13-27(16-17)20-10-7-11-21(14-20)28-3/h6-11,14,17H,4-5,12-13,15-16H2,1-3H3,(H3,24,25,26). The van der Waals surface area contributed by atoms with Crippen molar-refractivity contribution in [3.8, 4) is 5.75 Å². The Kier molecular flexibility index (Phi) is 6.80. The number of ether oxygens (including phenoxy) is 1. The fourth-order valence-electron chi connectivity index (χ4n) is 3.82. The van der Waals surface area contributed by atoms with Crippen molar-refractivity contribution in [1.82, 2.24) is 0 Å². The fourth-order valence-corrected chi connectivity index (χ4v) is 3.82. The second kappa shape index (κ2) is 9.49. The highest BCUT2D eigenvalue weighted by Crippen LogP contribution is 2.27. The summed E-state index contributed by atoms with van der Waals surface area (Å²) in [7, 11) is 1.71. The van der Waals surface area contributed by atoms with Gasteiger partial charge >= 0.3 is 0 Å². The number of anilines is 2. The summed E-state index contributed by atoms with van der Waals surface area (Å²) in [5, 5.41) is 3.36. The number of hydrogen-bond acceptors (Lipinski definition) is 3. The average molecular weight is 381 g/mol. The van der Waals surface area contributed by atoms with E-state index in [9.17, 15) is 0 Å². The van der Waals surface area contributed by atoms with E-state index in [0.29, 0.717) is 11.9 Å². The van der Waals surface area contributed by atoms with Crippen molar-refractivity contribution in [3.05, 3.63) is 53.6 Å². The molecular formula is C23H32N4O. The summed E-state index contributed by atoms with van der Waals surface area (Å²) in [6, 6.07) is 14.7. The van der Waals surface area contributed by atoms with Crippen LogP contribution in [0.5, 0.6) is 5.75 Å². The van der Waals surface area contributed by atoms with Crippen LogP contribution < -0.4 is 20.7 Å². The number of rotatable bonds is 7. The average Bonchev–Trinajstić information content (AvgIpc) is 3.21. The van der Waals surface area contributed by atoms with E-state index in [2.05, 4.69) is 59.4 Å². The van der Waals surface area contributed by atoms with E-state index in [-0.39, 0.29) is 0 Å². The van der Waals surface area contributed by atoms with Crippen molar-refractivity contribution in [2.75, 3.05) is 37.0 Å². The molecule has 28 heavy (non-hydrogen) atoms. The van der Waals surface area contributed by atoms with Gasteiger partial charge in [0.25, 0.3) is 0 Å². The Morgan fingerprint density at radius 1 is 1.18 bits per heavy atom. The third-order valence-electron chi connectivity index (χ3n) is 5.48. The molecule has 0 amide bonds. The number of nitrogens with zero attached hydrogens (tertiary/aromatic N) is 2. The fraction of sp³-hybridized carbons (Fsp3) is 0.435. The van der Waals surface area contributed by atoms with Crippen LogP contribution in [0.3, 0.4) is 0 Å². The van der Waals surface area contributed by atoms with E-state index in [1.807, 2.05) is 12.1 Å². The van der Waals surface area contributed by atoms with Gasteiger partial charge in [0.2, 0.25) is 0 Å². The largest absolute Gasteiger partial charge is 0.497 e. The molecule has 5 nitrogen and oxygen atoms in total. The molecule has 5 heteroatoms. The van der Waals surface area contributed by atoms with Crippen LogP contribution in [-0.4, -0.2) is 32.7 Å². The van der Waals surface area contributed by atoms with Crippen LogP contribution >= 0.6 is 0 Å². The maximum atomic E-state index is 6.22. The van der Waals surface area contributed by atoms with Crippen LogP contribution in [0.2, 0.25) is 0 Å². The maximum absolute atomic E-state index is 6.22. The van der Waals surface area contributed by atoms with Crippen LogP contribution in [0, 0.1) is 5.92 Å². The zero-order valence-electron chi connectivity index (χ0n) is 17.2. The first kappa shape index (κ1) is 20.1. The Balaban J connectivity index is 1.60. The van der Waals surface area contributed by atoms with Gasteiger partial charge in [-0.05, 0) is 48.4 Å². The molecule has 1 aliphatic heterocycles. The summed E-state index contributed by atoms with van der Waals surface area (Å²) in [6.45, 7) is 7.11. The summed E-state index contributed by atoms with van der Waals surface area (Å²) in [4.78, 5) is 7.04. The summed E-state index contributed by atoms with van der Waals surface area (Å²) in [5.74, 6) is 1.92. The maximum Gasteiger partial charge on any atom is 0.193 e. The van der Waals surface area contributed by atoms with Gasteiger partial charge in [0, 0.05) is 37.1 Å². The molecule has 0 saturated carbocycles. The molecule has 1 aliphatic rings. The van der Waals surface area contributed by atoms with Crippen LogP contribution in [0.15, 0.2) is 47.5 Å². The topological polar surface area (TPSA) is 62.9 Å². The summed E-state index contributed by atoms with van der Waals surface area (Å²) in [5.41, 5.74) is 11.1. The van der Waals surface area contributed by atoms with Gasteiger partial charge in [0.15, 0.2) is 5.96 Å². The van der Waals surface area contributed by atoms with Crippen molar-refractivity contribution < 1.29 is 4.74 Å². The van der Waals surface area contributed by atoms with Gasteiger partial charge in [-0.1, -0.05) is 38.1 Å². The molecule has 0 radical (unpaired) electrons. The van der Waals surface area contributed by atoms with E-state index in [0.717, 1.165) is 50.3 Å². The molecule has 3 N–H and O–H groups in total. The summed E-state index contributed by atoms with van der Waals surface area (Å²) < 4.78 is 5.34. The quantitative estimate of drug-likeness (QED) is 0.561. The monoisotopic (exact) mass is 380 g/mol. The predicted octanol–water partition coefficient (Wildman–Crippen LogP) is 4.07. The minimum absolute atomic E-state index is 0.510. The molecule has 0 aliphatic carbocycles. The zero-order valence-corrected chi connectivity index (χ0v) is 17.2. The molecule has 1 atom stereocenters.